The van der Waals surface area contributed by atoms with Gasteiger partial charge in [-0.3, -0.25) is 4.57 Å². The van der Waals surface area contributed by atoms with Crippen LogP contribution in [0, 0.1) is 0 Å². The molecule has 1 atom stereocenters. The molecule has 0 radical (unpaired) electrons. The summed E-state index contributed by atoms with van der Waals surface area (Å²) in [5.74, 6) is 0.604. The Kier molecular flexibility index (Phi) is 8.92. The largest absolute Gasteiger partial charge is 0.346 e. The van der Waals surface area contributed by atoms with E-state index < -0.39 is 6.29 Å². The predicted octanol–water partition coefficient (Wildman–Crippen LogP) is 16.2. The molecule has 6 nitrogen and oxygen atoms in total. The normalized spacial score (nSPS) is 14.0. The van der Waals surface area contributed by atoms with Gasteiger partial charge in [-0.1, -0.05) is 212 Å². The van der Waals surface area contributed by atoms with Crippen molar-refractivity contribution in [2.24, 2.45) is 4.99 Å². The van der Waals surface area contributed by atoms with Crippen LogP contribution < -0.4 is 5.32 Å². The average molecular weight is 919 g/mol. The minimum absolute atomic E-state index is 0.514. The summed E-state index contributed by atoms with van der Waals surface area (Å²) in [6, 6.07) is 84.6. The molecule has 0 saturated carbocycles. The SMILES string of the molecule is C1=C(c2cccc3ccccc23)NC(n2c3ccccc3c3c4c(ccc32)c2ccccc2n4-c2nc(-c3cccc4ccccc34)cc(-c3cccc4ccccc34)n2)N=C1c1cccc2ccccc12. The van der Waals surface area contributed by atoms with Crippen LogP contribution >= 0.6 is 0 Å². The van der Waals surface area contributed by atoms with E-state index in [-0.39, 0.29) is 0 Å². The minimum atomic E-state index is -0.514. The number of allylic oxidation sites excluding steroid dienone is 1. The quantitative estimate of drug-likeness (QED) is 0.181. The van der Waals surface area contributed by atoms with Crippen LogP contribution in [-0.2, 0) is 0 Å². The predicted molar refractivity (Wildman–Crippen MR) is 300 cm³/mol. The molecule has 15 rings (SSSR count). The highest BCUT2D eigenvalue weighted by molar-refractivity contribution is 6.26. The van der Waals surface area contributed by atoms with Crippen molar-refractivity contribution < 1.29 is 0 Å². The first kappa shape index (κ1) is 40.3. The van der Waals surface area contributed by atoms with Gasteiger partial charge in [0.15, 0.2) is 0 Å². The highest BCUT2D eigenvalue weighted by Gasteiger charge is 2.28. The Morgan fingerprint density at radius 2 is 0.819 bits per heavy atom. The molecule has 72 heavy (non-hydrogen) atoms. The molecule has 3 aromatic heterocycles. The van der Waals surface area contributed by atoms with Crippen LogP contribution in [-0.4, -0.2) is 24.8 Å². The van der Waals surface area contributed by atoms with E-state index in [1.165, 1.54) is 16.2 Å². The number of rotatable bonds is 6. The third kappa shape index (κ3) is 6.19. The van der Waals surface area contributed by atoms with E-state index >= 15 is 0 Å². The molecule has 14 aromatic rings. The molecule has 1 aliphatic heterocycles. The van der Waals surface area contributed by atoms with Gasteiger partial charge in [0.1, 0.15) is 0 Å². The molecule has 1 N–H and O–H groups in total. The van der Waals surface area contributed by atoms with Gasteiger partial charge in [0.25, 0.3) is 0 Å². The molecule has 4 heterocycles. The zero-order valence-corrected chi connectivity index (χ0v) is 38.9. The van der Waals surface area contributed by atoms with E-state index in [1.54, 1.807) is 0 Å². The molecule has 1 aliphatic rings. The molecule has 1 unspecified atom stereocenters. The van der Waals surface area contributed by atoms with Crippen LogP contribution in [0.25, 0.3) is 121 Å². The first-order chi connectivity index (χ1) is 35.7. The summed E-state index contributed by atoms with van der Waals surface area (Å²) in [7, 11) is 0. The second kappa shape index (κ2) is 16.0. The Bertz CT molecular complexity index is 4510. The van der Waals surface area contributed by atoms with Crippen molar-refractivity contribution in [1.29, 1.82) is 0 Å². The summed E-state index contributed by atoms with van der Waals surface area (Å²) in [6.45, 7) is 0. The Hall–Kier alpha value is -9.65. The highest BCUT2D eigenvalue weighted by Crippen LogP contribution is 2.44. The van der Waals surface area contributed by atoms with E-state index in [1.807, 2.05) is 0 Å². The number of nitrogens with one attached hydrogen (secondary N) is 1. The Labute approximate surface area is 414 Å². The molecule has 11 aromatic carbocycles. The number of benzene rings is 11. The van der Waals surface area contributed by atoms with Gasteiger partial charge < -0.3 is 9.88 Å². The van der Waals surface area contributed by atoms with Crippen molar-refractivity contribution in [1.82, 2.24) is 24.4 Å². The third-order valence-corrected chi connectivity index (χ3v) is 14.8. The molecule has 0 amide bonds. The van der Waals surface area contributed by atoms with Crippen LogP contribution in [0.3, 0.4) is 0 Å². The molecule has 0 spiro atoms. The fraction of sp³-hybridized carbons (Fsp3) is 0.0152. The monoisotopic (exact) mass is 918 g/mol. The third-order valence-electron chi connectivity index (χ3n) is 14.8. The van der Waals surface area contributed by atoms with Gasteiger partial charge >= 0.3 is 0 Å². The number of aromatic nitrogens is 4. The topological polar surface area (TPSA) is 60.0 Å². The smallest absolute Gasteiger partial charge is 0.235 e. The van der Waals surface area contributed by atoms with Gasteiger partial charge in [0, 0.05) is 49.5 Å². The van der Waals surface area contributed by atoms with Crippen LogP contribution in [0.15, 0.2) is 248 Å². The summed E-state index contributed by atoms with van der Waals surface area (Å²) in [5, 5.41) is 17.8. The zero-order chi connectivity index (χ0) is 47.3. The van der Waals surface area contributed by atoms with E-state index in [4.69, 9.17) is 15.0 Å². The molecule has 6 heteroatoms. The second-order valence-corrected chi connectivity index (χ2v) is 18.7. The lowest BCUT2D eigenvalue weighted by Crippen LogP contribution is -2.29. The van der Waals surface area contributed by atoms with Crippen LogP contribution in [0.2, 0.25) is 0 Å². The molecular formula is C66H42N6. The van der Waals surface area contributed by atoms with Crippen LogP contribution in [0.1, 0.15) is 17.4 Å². The van der Waals surface area contributed by atoms with E-state index in [0.29, 0.717) is 5.95 Å². The Morgan fingerprint density at radius 3 is 1.42 bits per heavy atom. The van der Waals surface area contributed by atoms with Gasteiger partial charge in [0.05, 0.1) is 39.2 Å². The molecular weight excluding hydrogens is 877 g/mol. The van der Waals surface area contributed by atoms with Crippen molar-refractivity contribution in [3.8, 4) is 28.5 Å². The summed E-state index contributed by atoms with van der Waals surface area (Å²) in [5.41, 5.74) is 12.1. The van der Waals surface area contributed by atoms with Gasteiger partial charge in [-0.25, -0.2) is 15.0 Å². The van der Waals surface area contributed by atoms with Gasteiger partial charge in [0.2, 0.25) is 12.2 Å². The Balaban J connectivity index is 1.02. The number of para-hydroxylation sites is 2. The maximum atomic E-state index is 5.70. The van der Waals surface area contributed by atoms with Crippen molar-refractivity contribution in [3.63, 3.8) is 0 Å². The van der Waals surface area contributed by atoms with Crippen molar-refractivity contribution in [3.05, 3.63) is 254 Å². The summed E-state index contributed by atoms with van der Waals surface area (Å²) < 4.78 is 4.71. The van der Waals surface area contributed by atoms with E-state index in [0.717, 1.165) is 116 Å². The standard InChI is InChI=1S/C66H42N6/c1-5-25-45-41(17-1)21-13-31-49(45)56-39-57(50-32-14-22-42-18-2-6-26-46(42)50)68-65(67-56)71-61-36-12-10-30-55(61)63-62(71)38-37-54-53-29-9-11-35-60(53)72(64(54)63)66-69-58(51-33-15-23-43-19-3-7-27-47(43)51)40-59(70-66)52-34-16-24-44-20-4-8-28-48(44)52/h1-40,65,67H. The summed E-state index contributed by atoms with van der Waals surface area (Å²) in [4.78, 5) is 17.0. The number of hydrogen-bond donors (Lipinski definition) is 1. The number of hydrogen-bond acceptors (Lipinski definition) is 4. The van der Waals surface area contributed by atoms with Gasteiger partial charge in [-0.05, 0) is 73.4 Å². The molecule has 336 valence electrons. The maximum Gasteiger partial charge on any atom is 0.235 e. The first-order valence-corrected chi connectivity index (χ1v) is 24.5. The molecule has 0 bridgehead atoms. The fourth-order valence-corrected chi connectivity index (χ4v) is 11.6. The lowest BCUT2D eigenvalue weighted by Gasteiger charge is -2.27. The number of nitrogens with zero attached hydrogens (tertiary/aromatic N) is 5. The van der Waals surface area contributed by atoms with Crippen molar-refractivity contribution >= 4 is 98.1 Å². The van der Waals surface area contributed by atoms with E-state index in [2.05, 4.69) is 257 Å². The minimum Gasteiger partial charge on any atom is -0.346 e. The summed E-state index contributed by atoms with van der Waals surface area (Å²) in [6.07, 6.45) is 1.72. The zero-order valence-electron chi connectivity index (χ0n) is 38.9. The van der Waals surface area contributed by atoms with Gasteiger partial charge in [-0.2, -0.15) is 0 Å². The number of aliphatic imine (C=N–C) groups is 1. The lowest BCUT2D eigenvalue weighted by molar-refractivity contribution is 0.509. The van der Waals surface area contributed by atoms with Crippen LogP contribution in [0.5, 0.6) is 0 Å². The number of fused-ring (bicyclic) bond motifs is 11. The fourth-order valence-electron chi connectivity index (χ4n) is 11.6. The highest BCUT2D eigenvalue weighted by atomic mass is 15.3. The van der Waals surface area contributed by atoms with E-state index in [9.17, 15) is 0 Å². The molecule has 0 aliphatic carbocycles. The maximum absolute atomic E-state index is 5.70. The molecule has 0 fully saturated rings. The van der Waals surface area contributed by atoms with Crippen molar-refractivity contribution in [2.45, 2.75) is 6.29 Å². The Morgan fingerprint density at radius 1 is 0.361 bits per heavy atom. The molecule has 0 saturated heterocycles. The van der Waals surface area contributed by atoms with Crippen LogP contribution in [0.4, 0.5) is 0 Å². The second-order valence-electron chi connectivity index (χ2n) is 18.7. The van der Waals surface area contributed by atoms with Gasteiger partial charge in [-0.15, -0.1) is 0 Å². The summed E-state index contributed by atoms with van der Waals surface area (Å²) >= 11 is 0. The lowest BCUT2D eigenvalue weighted by atomic mass is 9.96. The first-order valence-electron chi connectivity index (χ1n) is 24.5. The van der Waals surface area contributed by atoms with Crippen molar-refractivity contribution in [2.75, 3.05) is 0 Å². The average Bonchev–Trinajstić information content (AvgIpc) is 3.97.